The summed E-state index contributed by atoms with van der Waals surface area (Å²) >= 11 is 0. The highest BCUT2D eigenvalue weighted by molar-refractivity contribution is 7.87. The summed E-state index contributed by atoms with van der Waals surface area (Å²) in [5, 5.41) is -0.512. The summed E-state index contributed by atoms with van der Waals surface area (Å²) in [7, 11) is -8.11. The van der Waals surface area contributed by atoms with Crippen LogP contribution in [0.4, 0.5) is 0 Å². The second-order valence-corrected chi connectivity index (χ2v) is 9.25. The summed E-state index contributed by atoms with van der Waals surface area (Å²) in [5.41, 5.74) is 0. The minimum absolute atomic E-state index is 0.0812. The molecule has 6 atom stereocenters. The molecule has 10 heteroatoms. The molecule has 1 saturated heterocycles. The first-order valence-corrected chi connectivity index (χ1v) is 9.69. The number of rotatable bonds is 4. The summed E-state index contributed by atoms with van der Waals surface area (Å²) < 4.78 is 65.7. The lowest BCUT2D eigenvalue weighted by Gasteiger charge is -2.26. The smallest absolute Gasteiger partial charge is 0.310 e. The van der Waals surface area contributed by atoms with Gasteiger partial charge in [-0.1, -0.05) is 6.92 Å². The predicted octanol–water partition coefficient (Wildman–Crippen LogP) is -0.783. The van der Waals surface area contributed by atoms with E-state index in [2.05, 4.69) is 0 Å². The van der Waals surface area contributed by atoms with Crippen LogP contribution in [0.3, 0.4) is 0 Å². The van der Waals surface area contributed by atoms with Gasteiger partial charge in [0.1, 0.15) is 12.2 Å². The molecule has 0 N–H and O–H groups in total. The number of fused-ring (bicyclic) bond motifs is 1. The van der Waals surface area contributed by atoms with E-state index in [1.54, 1.807) is 0 Å². The van der Waals surface area contributed by atoms with Crippen LogP contribution in [0, 0.1) is 17.8 Å². The normalized spacial score (nSPS) is 41.1. The van der Waals surface area contributed by atoms with E-state index in [1.807, 2.05) is 0 Å². The van der Waals surface area contributed by atoms with Crippen LogP contribution in [0.5, 0.6) is 0 Å². The zero-order valence-corrected chi connectivity index (χ0v) is 12.8. The highest BCUT2D eigenvalue weighted by Gasteiger charge is 2.65. The largest absolute Gasteiger partial charge is 0.748 e. The Hall–Kier alpha value is -0.710. The Labute approximate surface area is 122 Å². The van der Waals surface area contributed by atoms with Crippen molar-refractivity contribution in [3.63, 3.8) is 0 Å². The van der Waals surface area contributed by atoms with Gasteiger partial charge in [0.15, 0.2) is 0 Å². The number of ether oxygens (including phenoxy) is 1. The third-order valence-corrected chi connectivity index (χ3v) is 7.21. The van der Waals surface area contributed by atoms with E-state index >= 15 is 0 Å². The molecule has 21 heavy (non-hydrogen) atoms. The van der Waals surface area contributed by atoms with Crippen LogP contribution in [0.1, 0.15) is 19.8 Å². The lowest BCUT2D eigenvalue weighted by molar-refractivity contribution is -0.159. The first kappa shape index (κ1) is 15.2. The molecule has 8 nitrogen and oxygen atoms in total. The van der Waals surface area contributed by atoms with Crippen LogP contribution in [-0.4, -0.2) is 50.6 Å². The van der Waals surface area contributed by atoms with Gasteiger partial charge in [0, 0.05) is 11.8 Å². The first-order chi connectivity index (χ1) is 9.58. The Morgan fingerprint density at radius 1 is 1.43 bits per heavy atom. The van der Waals surface area contributed by atoms with E-state index in [4.69, 9.17) is 8.92 Å². The molecule has 2 aliphatic carbocycles. The van der Waals surface area contributed by atoms with E-state index in [0.29, 0.717) is 12.8 Å². The van der Waals surface area contributed by atoms with Gasteiger partial charge in [-0.3, -0.25) is 8.98 Å². The number of carbonyl (C=O) groups is 1. The van der Waals surface area contributed by atoms with Crippen molar-refractivity contribution < 1.29 is 35.1 Å². The van der Waals surface area contributed by atoms with Crippen molar-refractivity contribution in [3.8, 4) is 0 Å². The molecule has 0 aromatic heterocycles. The van der Waals surface area contributed by atoms with Crippen molar-refractivity contribution >= 4 is 26.2 Å². The van der Waals surface area contributed by atoms with Gasteiger partial charge >= 0.3 is 5.97 Å². The lowest BCUT2D eigenvalue weighted by atomic mass is 9.94. The van der Waals surface area contributed by atoms with Crippen LogP contribution >= 0.6 is 0 Å². The van der Waals surface area contributed by atoms with Crippen molar-refractivity contribution in [2.24, 2.45) is 17.8 Å². The van der Waals surface area contributed by atoms with Crippen molar-refractivity contribution in [1.29, 1.82) is 0 Å². The average Bonchev–Trinajstić information content (AvgIpc) is 2.90. The van der Waals surface area contributed by atoms with Gasteiger partial charge in [-0.25, -0.2) is 8.42 Å². The van der Waals surface area contributed by atoms with Gasteiger partial charge in [-0.05, 0) is 12.8 Å². The predicted molar refractivity (Wildman–Crippen MR) is 67.4 cm³/mol. The van der Waals surface area contributed by atoms with E-state index in [-0.39, 0.29) is 11.8 Å². The Morgan fingerprint density at radius 2 is 2.10 bits per heavy atom. The average molecular weight is 339 g/mol. The fourth-order valence-corrected chi connectivity index (χ4v) is 6.30. The maximum absolute atomic E-state index is 11.9. The molecular weight excluding hydrogens is 324 g/mol. The van der Waals surface area contributed by atoms with Crippen molar-refractivity contribution in [3.05, 3.63) is 0 Å². The molecule has 0 radical (unpaired) electrons. The second-order valence-electron chi connectivity index (χ2n) is 6.01. The molecule has 1 aliphatic heterocycles. The maximum Gasteiger partial charge on any atom is 0.310 e. The molecule has 3 fully saturated rings. The third kappa shape index (κ3) is 2.58. The molecule has 120 valence electrons. The molecule has 2 saturated carbocycles. The van der Waals surface area contributed by atoms with Crippen LogP contribution in [0.2, 0.25) is 0 Å². The van der Waals surface area contributed by atoms with Crippen molar-refractivity contribution in [2.45, 2.75) is 37.2 Å². The van der Waals surface area contributed by atoms with Crippen molar-refractivity contribution in [1.82, 2.24) is 0 Å². The molecule has 3 rings (SSSR count). The van der Waals surface area contributed by atoms with Gasteiger partial charge < -0.3 is 9.29 Å². The van der Waals surface area contributed by atoms with Crippen LogP contribution in [0.25, 0.3) is 0 Å². The van der Waals surface area contributed by atoms with Crippen molar-refractivity contribution in [2.75, 3.05) is 5.75 Å². The molecular formula is C11H15O8S2-. The van der Waals surface area contributed by atoms with Crippen LogP contribution in [0.15, 0.2) is 0 Å². The highest BCUT2D eigenvalue weighted by Crippen LogP contribution is 2.55. The van der Waals surface area contributed by atoms with Gasteiger partial charge in [0.2, 0.25) is 0 Å². The first-order valence-electron chi connectivity index (χ1n) is 6.64. The fraction of sp³-hybridized carbons (Fsp3) is 0.909. The van der Waals surface area contributed by atoms with E-state index in [1.165, 1.54) is 6.92 Å². The Morgan fingerprint density at radius 3 is 2.71 bits per heavy atom. The Bertz CT molecular complexity index is 666. The number of hydrogen-bond acceptors (Lipinski definition) is 8. The monoisotopic (exact) mass is 339 g/mol. The molecule has 0 spiro atoms. The zero-order chi connectivity index (χ0) is 15.6. The Balaban J connectivity index is 1.69. The standard InChI is InChI=1S/C11H16O8S2/c1-5(4-20(13,14)15)11(12)18-9-6-2-7-8(3-6)21(16,17)19-10(7)9/h5-10H,2-4H2,1H3,(H,13,14,15)/p-1. The summed E-state index contributed by atoms with van der Waals surface area (Å²) in [6, 6.07) is 0. The maximum atomic E-state index is 11.9. The summed E-state index contributed by atoms with van der Waals surface area (Å²) in [6.07, 6.45) is -0.317. The van der Waals surface area contributed by atoms with Crippen LogP contribution < -0.4 is 0 Å². The molecule has 0 amide bonds. The summed E-state index contributed by atoms with van der Waals surface area (Å²) in [6.45, 7) is 1.29. The van der Waals surface area contributed by atoms with Gasteiger partial charge in [0.05, 0.1) is 27.0 Å². The van der Waals surface area contributed by atoms with E-state index in [9.17, 15) is 26.2 Å². The van der Waals surface area contributed by atoms with Gasteiger partial charge in [0.25, 0.3) is 10.1 Å². The van der Waals surface area contributed by atoms with E-state index in [0.717, 1.165) is 0 Å². The molecule has 3 aliphatic rings. The SMILES string of the molecule is CC(CS(=O)(=O)[O-])C(=O)OC1C2CC3C1OS(=O)(=O)C3C2. The summed E-state index contributed by atoms with van der Waals surface area (Å²) in [4.78, 5) is 11.9. The van der Waals surface area contributed by atoms with Gasteiger partial charge in [-0.2, -0.15) is 8.42 Å². The number of hydrogen-bond donors (Lipinski definition) is 0. The zero-order valence-electron chi connectivity index (χ0n) is 11.2. The minimum atomic E-state index is -4.52. The topological polar surface area (TPSA) is 127 Å². The molecule has 6 unspecified atom stereocenters. The number of esters is 1. The molecule has 0 aromatic rings. The van der Waals surface area contributed by atoms with E-state index < -0.39 is 55.3 Å². The summed E-state index contributed by atoms with van der Waals surface area (Å²) in [5.74, 6) is -2.96. The third-order valence-electron chi connectivity index (χ3n) is 4.52. The highest BCUT2D eigenvalue weighted by atomic mass is 32.2. The lowest BCUT2D eigenvalue weighted by Crippen LogP contribution is -2.39. The molecule has 1 heterocycles. The van der Waals surface area contributed by atoms with Crippen LogP contribution in [-0.2, 0) is 34.0 Å². The van der Waals surface area contributed by atoms with Gasteiger partial charge in [-0.15, -0.1) is 0 Å². The Kier molecular flexibility index (Phi) is 3.36. The molecule has 0 aromatic carbocycles. The fourth-order valence-electron chi connectivity index (χ4n) is 3.67. The quantitative estimate of drug-likeness (QED) is 0.371. The second kappa shape index (κ2) is 4.64. The minimum Gasteiger partial charge on any atom is -0.748 e. The molecule has 2 bridgehead atoms. The number of carbonyl (C=O) groups excluding carboxylic acids is 1.